The third kappa shape index (κ3) is 37.8. The summed E-state index contributed by atoms with van der Waals surface area (Å²) in [5.74, 6) is 0. The Morgan fingerprint density at radius 1 is 1.50 bits per heavy atom. The minimum Gasteiger partial charge on any atom is -0.101 e. The molecular formula is CH2F2N. The fourth-order valence-electron chi connectivity index (χ4n) is 0. The van der Waals surface area contributed by atoms with Gasteiger partial charge in [-0.15, -0.1) is 8.96 Å². The molecule has 0 aliphatic rings. The van der Waals surface area contributed by atoms with Crippen LogP contribution in [0.3, 0.4) is 0 Å². The summed E-state index contributed by atoms with van der Waals surface area (Å²) in [4.78, 5) is 0. The molecule has 0 fully saturated rings. The van der Waals surface area contributed by atoms with E-state index in [1.807, 2.05) is 0 Å². The Hall–Kier alpha value is -0.180. The Bertz CT molecular complexity index is 10.8. The molecule has 0 aliphatic heterocycles. The topological polar surface area (TPSA) is 3.24 Å². The van der Waals surface area contributed by atoms with Gasteiger partial charge in [0.1, 0.15) is 0 Å². The molecule has 4 heavy (non-hydrogen) atoms. The van der Waals surface area contributed by atoms with E-state index in [9.17, 15) is 8.96 Å². The van der Waals surface area contributed by atoms with Crippen LogP contribution in [0, 0.1) is 7.05 Å². The van der Waals surface area contributed by atoms with Crippen molar-refractivity contribution in [2.75, 3.05) is 0 Å². The molecule has 0 amide bonds. The minimum absolute atomic E-state index is 1.25. The SMILES string of the molecule is [CH2]N(F)F. The largest absolute Gasteiger partial charge is 0.101 e. The van der Waals surface area contributed by atoms with Crippen LogP contribution in [-0.2, 0) is 0 Å². The second-order valence-corrected chi connectivity index (χ2v) is 0.303. The minimum atomic E-state index is -1.25. The predicted octanol–water partition coefficient (Wildman–Crippen LogP) is 0.849. The summed E-state index contributed by atoms with van der Waals surface area (Å²) in [6, 6.07) is 0. The molecule has 0 unspecified atom stereocenters. The highest BCUT2D eigenvalue weighted by Gasteiger charge is 1.73. The molecule has 0 aliphatic carbocycles. The zero-order valence-electron chi connectivity index (χ0n) is 1.91. The zero-order valence-corrected chi connectivity index (χ0v) is 1.91. The van der Waals surface area contributed by atoms with Gasteiger partial charge in [0.05, 0.1) is 7.05 Å². The monoisotopic (exact) mass is 66.0 g/mol. The summed E-state index contributed by atoms with van der Waals surface area (Å²) in [6.07, 6.45) is 0. The molecule has 0 N–H and O–H groups in total. The van der Waals surface area contributed by atoms with Crippen molar-refractivity contribution in [3.05, 3.63) is 7.05 Å². The molecule has 25 valence electrons. The van der Waals surface area contributed by atoms with Crippen LogP contribution in [0.25, 0.3) is 0 Å². The first-order chi connectivity index (χ1) is 1.73. The lowest BCUT2D eigenvalue weighted by atomic mass is 11.6. The van der Waals surface area contributed by atoms with Crippen molar-refractivity contribution >= 4 is 0 Å². The van der Waals surface area contributed by atoms with Crippen LogP contribution in [0.15, 0.2) is 0 Å². The van der Waals surface area contributed by atoms with Gasteiger partial charge in [-0.3, -0.25) is 0 Å². The van der Waals surface area contributed by atoms with E-state index < -0.39 is 5.34 Å². The van der Waals surface area contributed by atoms with Crippen LogP contribution < -0.4 is 0 Å². The maximum Gasteiger partial charge on any atom is 0.0801 e. The van der Waals surface area contributed by atoms with Crippen LogP contribution in [0.4, 0.5) is 8.96 Å². The Balaban J connectivity index is 2.32. The lowest BCUT2D eigenvalue weighted by molar-refractivity contribution is -0.105. The normalized spacial score (nSPS) is 9.00. The van der Waals surface area contributed by atoms with Gasteiger partial charge in [-0.05, 0) is 0 Å². The fraction of sp³-hybridized carbons (Fsp3) is 0. The Morgan fingerprint density at radius 3 is 1.50 bits per heavy atom. The first kappa shape index (κ1) is 3.82. The second-order valence-electron chi connectivity index (χ2n) is 0.303. The van der Waals surface area contributed by atoms with Gasteiger partial charge in [0.15, 0.2) is 0 Å². The molecule has 0 aromatic rings. The van der Waals surface area contributed by atoms with Crippen molar-refractivity contribution in [2.45, 2.75) is 0 Å². The molecule has 3 heteroatoms. The zero-order chi connectivity index (χ0) is 3.58. The van der Waals surface area contributed by atoms with Crippen molar-refractivity contribution in [1.82, 2.24) is 5.34 Å². The average Bonchev–Trinajstić information content (AvgIpc) is 0.811. The quantitative estimate of drug-likeness (QED) is 0.379. The molecule has 0 heterocycles. The van der Waals surface area contributed by atoms with E-state index in [4.69, 9.17) is 0 Å². The number of hydrogen-bond donors (Lipinski definition) is 0. The van der Waals surface area contributed by atoms with E-state index in [1.54, 1.807) is 0 Å². The van der Waals surface area contributed by atoms with Crippen LogP contribution >= 0.6 is 0 Å². The Labute approximate surface area is 22.7 Å². The third-order valence-corrected chi connectivity index (χ3v) is 0. The fourth-order valence-corrected chi connectivity index (χ4v) is 0. The summed E-state index contributed by atoms with van der Waals surface area (Å²) >= 11 is 0. The Morgan fingerprint density at radius 2 is 1.50 bits per heavy atom. The van der Waals surface area contributed by atoms with Gasteiger partial charge < -0.3 is 0 Å². The molecule has 0 saturated heterocycles. The lowest BCUT2D eigenvalue weighted by Crippen LogP contribution is -1.77. The first-order valence-corrected chi connectivity index (χ1v) is 0.654. The summed E-state index contributed by atoms with van der Waals surface area (Å²) < 4.78 is 20.1. The van der Waals surface area contributed by atoms with Crippen LogP contribution in [0.5, 0.6) is 0 Å². The van der Waals surface area contributed by atoms with Gasteiger partial charge in [-0.25, -0.2) is 0 Å². The summed E-state index contributed by atoms with van der Waals surface area (Å²) in [5, 5.41) is -1.25. The van der Waals surface area contributed by atoms with E-state index in [2.05, 4.69) is 7.05 Å². The maximum atomic E-state index is 10.1. The molecule has 1 radical (unpaired) electrons. The van der Waals surface area contributed by atoms with E-state index in [1.165, 1.54) is 0 Å². The number of hydrogen-bond acceptors (Lipinski definition) is 1. The molecule has 0 aromatic carbocycles. The standard InChI is InChI=1S/CH2F2N/c1-4(2)3/h1H2. The second kappa shape index (κ2) is 1.17. The number of rotatable bonds is 0. The van der Waals surface area contributed by atoms with Crippen LogP contribution in [0.2, 0.25) is 0 Å². The van der Waals surface area contributed by atoms with Gasteiger partial charge in [0.25, 0.3) is 0 Å². The van der Waals surface area contributed by atoms with E-state index in [-0.39, 0.29) is 0 Å². The summed E-state index contributed by atoms with van der Waals surface area (Å²) in [6.45, 7) is 0. The molecule has 0 rings (SSSR count). The summed E-state index contributed by atoms with van der Waals surface area (Å²) in [7, 11) is 2.14. The van der Waals surface area contributed by atoms with Gasteiger partial charge >= 0.3 is 0 Å². The van der Waals surface area contributed by atoms with Crippen molar-refractivity contribution < 1.29 is 8.96 Å². The average molecular weight is 66.0 g/mol. The molecule has 0 saturated carbocycles. The first-order valence-electron chi connectivity index (χ1n) is 0.654. The van der Waals surface area contributed by atoms with Crippen molar-refractivity contribution in [2.24, 2.45) is 0 Å². The highest BCUT2D eigenvalue weighted by atomic mass is 19.4. The van der Waals surface area contributed by atoms with Gasteiger partial charge in [0.2, 0.25) is 0 Å². The van der Waals surface area contributed by atoms with E-state index in [0.29, 0.717) is 0 Å². The lowest BCUT2D eigenvalue weighted by Gasteiger charge is -1.74. The number of nitrogens with zero attached hydrogens (tertiary/aromatic N) is 1. The smallest absolute Gasteiger partial charge is 0.0801 e. The molecule has 0 spiro atoms. The maximum absolute atomic E-state index is 10.1. The molecule has 0 bridgehead atoms. The molecule has 1 nitrogen and oxygen atoms in total. The third-order valence-electron chi connectivity index (χ3n) is 0. The van der Waals surface area contributed by atoms with Crippen molar-refractivity contribution in [1.29, 1.82) is 0 Å². The van der Waals surface area contributed by atoms with E-state index in [0.717, 1.165) is 0 Å². The van der Waals surface area contributed by atoms with Gasteiger partial charge in [0, 0.05) is 5.34 Å². The van der Waals surface area contributed by atoms with Crippen LogP contribution in [-0.4, -0.2) is 5.34 Å². The van der Waals surface area contributed by atoms with Crippen molar-refractivity contribution in [3.8, 4) is 0 Å². The van der Waals surface area contributed by atoms with Crippen molar-refractivity contribution in [3.63, 3.8) is 0 Å². The van der Waals surface area contributed by atoms with Crippen LogP contribution in [0.1, 0.15) is 0 Å². The van der Waals surface area contributed by atoms with Gasteiger partial charge in [-0.1, -0.05) is 0 Å². The molecule has 0 atom stereocenters. The highest BCUT2D eigenvalue weighted by molar-refractivity contribution is 3.95. The Kier molecular flexibility index (Phi) is 1.12. The van der Waals surface area contributed by atoms with Gasteiger partial charge in [-0.2, -0.15) is 0 Å². The summed E-state index contributed by atoms with van der Waals surface area (Å²) in [5.41, 5.74) is 0. The van der Waals surface area contributed by atoms with E-state index >= 15 is 0 Å². The predicted molar refractivity (Wildman–Crippen MR) is 9.41 cm³/mol. The number of halogens is 2. The molecular weight excluding hydrogens is 64.0 g/mol. The highest BCUT2D eigenvalue weighted by Crippen LogP contribution is 1.77. The molecule has 0 aromatic heterocycles.